The Hall–Kier alpha value is -2.22. The van der Waals surface area contributed by atoms with Gasteiger partial charge in [0.25, 0.3) is 5.91 Å². The van der Waals surface area contributed by atoms with Gasteiger partial charge in [0, 0.05) is 0 Å². The molecule has 0 aromatic carbocycles. The number of rotatable bonds is 8. The van der Waals surface area contributed by atoms with Crippen molar-refractivity contribution in [2.45, 2.75) is 46.1 Å². The van der Waals surface area contributed by atoms with Crippen molar-refractivity contribution in [3.8, 4) is 0 Å². The van der Waals surface area contributed by atoms with Gasteiger partial charge in [-0.15, -0.1) is 0 Å². The zero-order chi connectivity index (χ0) is 17.6. The summed E-state index contributed by atoms with van der Waals surface area (Å²) < 4.78 is 4.91. The second-order valence-electron chi connectivity index (χ2n) is 6.48. The van der Waals surface area contributed by atoms with Crippen LogP contribution in [0.25, 0.3) is 0 Å². The third-order valence-electron chi connectivity index (χ3n) is 3.15. The monoisotopic (exact) mass is 324 g/mol. The minimum atomic E-state index is -1.01. The molecule has 0 aliphatic heterocycles. The van der Waals surface area contributed by atoms with E-state index >= 15 is 0 Å². The van der Waals surface area contributed by atoms with E-state index in [2.05, 4.69) is 10.5 Å². The molecule has 0 atom stereocenters. The SMILES string of the molecule is CC(C)CC(N)(CC(C)C)C(=O)N/N=C/c1ccc([N+](=O)[O-])o1. The molecule has 0 bridgehead atoms. The van der Waals surface area contributed by atoms with Crippen LogP contribution in [-0.4, -0.2) is 22.6 Å². The lowest BCUT2D eigenvalue weighted by atomic mass is 9.82. The van der Waals surface area contributed by atoms with Crippen molar-refractivity contribution in [2.24, 2.45) is 22.7 Å². The van der Waals surface area contributed by atoms with Crippen LogP contribution < -0.4 is 11.2 Å². The van der Waals surface area contributed by atoms with E-state index in [0.717, 1.165) is 0 Å². The van der Waals surface area contributed by atoms with E-state index in [1.54, 1.807) is 0 Å². The highest BCUT2D eigenvalue weighted by molar-refractivity contribution is 5.87. The highest BCUT2D eigenvalue weighted by Crippen LogP contribution is 2.23. The molecule has 0 aliphatic rings. The fraction of sp³-hybridized carbons (Fsp3) is 0.600. The summed E-state index contributed by atoms with van der Waals surface area (Å²) in [7, 11) is 0. The maximum atomic E-state index is 12.4. The second kappa shape index (κ2) is 7.87. The van der Waals surface area contributed by atoms with Crippen molar-refractivity contribution >= 4 is 18.0 Å². The standard InChI is InChI=1S/C15H24N4O4/c1-10(2)7-15(16,8-11(3)4)14(20)18-17-9-12-5-6-13(23-12)19(21)22/h5-6,9-11H,7-8,16H2,1-4H3,(H,18,20)/b17-9+. The van der Waals surface area contributed by atoms with Gasteiger partial charge in [0.05, 0.1) is 17.8 Å². The van der Waals surface area contributed by atoms with Gasteiger partial charge < -0.3 is 10.2 Å². The molecule has 1 amide bonds. The zero-order valence-corrected chi connectivity index (χ0v) is 13.9. The van der Waals surface area contributed by atoms with E-state index in [1.807, 2.05) is 27.7 Å². The predicted molar refractivity (Wildman–Crippen MR) is 86.9 cm³/mol. The molecular weight excluding hydrogens is 300 g/mol. The highest BCUT2D eigenvalue weighted by atomic mass is 16.6. The summed E-state index contributed by atoms with van der Waals surface area (Å²) in [5.74, 6) is -0.0579. The summed E-state index contributed by atoms with van der Waals surface area (Å²) in [6, 6.07) is 2.61. The molecule has 0 spiro atoms. The topological polar surface area (TPSA) is 124 Å². The maximum Gasteiger partial charge on any atom is 0.433 e. The van der Waals surface area contributed by atoms with E-state index in [4.69, 9.17) is 10.2 Å². The molecule has 3 N–H and O–H groups in total. The van der Waals surface area contributed by atoms with Gasteiger partial charge in [-0.2, -0.15) is 5.10 Å². The Morgan fingerprint density at radius 2 is 1.96 bits per heavy atom. The number of nitrogens with two attached hydrogens (primary N) is 1. The molecule has 0 aliphatic carbocycles. The summed E-state index contributed by atoms with van der Waals surface area (Å²) in [6.45, 7) is 8.00. The molecule has 0 fully saturated rings. The number of hydrogen-bond acceptors (Lipinski definition) is 6. The quantitative estimate of drug-likeness (QED) is 0.432. The first-order valence-corrected chi connectivity index (χ1v) is 7.50. The molecule has 0 radical (unpaired) electrons. The number of carbonyl (C=O) groups excluding carboxylic acids is 1. The molecule has 128 valence electrons. The smallest absolute Gasteiger partial charge is 0.400 e. The Balaban J connectivity index is 2.73. The number of nitrogens with one attached hydrogen (secondary N) is 1. The lowest BCUT2D eigenvalue weighted by Gasteiger charge is -2.30. The molecule has 1 aromatic rings. The number of nitrogens with zero attached hydrogens (tertiary/aromatic N) is 2. The van der Waals surface area contributed by atoms with Gasteiger partial charge in [-0.1, -0.05) is 27.7 Å². The van der Waals surface area contributed by atoms with Crippen LogP contribution in [0.15, 0.2) is 21.7 Å². The average molecular weight is 324 g/mol. The molecule has 0 saturated carbocycles. The van der Waals surface area contributed by atoms with Gasteiger partial charge in [0.2, 0.25) is 0 Å². The Labute approximate surface area is 135 Å². The Morgan fingerprint density at radius 3 is 2.39 bits per heavy atom. The van der Waals surface area contributed by atoms with Gasteiger partial charge in [-0.05, 0) is 30.7 Å². The summed E-state index contributed by atoms with van der Waals surface area (Å²) in [6.07, 6.45) is 2.29. The summed E-state index contributed by atoms with van der Waals surface area (Å²) in [5.41, 5.74) is 7.66. The van der Waals surface area contributed by atoms with Crippen LogP contribution in [0.2, 0.25) is 0 Å². The Bertz CT molecular complexity index is 568. The van der Waals surface area contributed by atoms with Gasteiger partial charge in [0.1, 0.15) is 4.92 Å². The van der Waals surface area contributed by atoms with E-state index in [-0.39, 0.29) is 29.4 Å². The first-order valence-electron chi connectivity index (χ1n) is 7.50. The molecule has 0 saturated heterocycles. The number of hydrazone groups is 1. The summed E-state index contributed by atoms with van der Waals surface area (Å²) in [4.78, 5) is 22.2. The maximum absolute atomic E-state index is 12.4. The fourth-order valence-electron chi connectivity index (χ4n) is 2.50. The normalized spacial score (nSPS) is 12.3. The van der Waals surface area contributed by atoms with E-state index in [9.17, 15) is 14.9 Å². The largest absolute Gasteiger partial charge is 0.433 e. The van der Waals surface area contributed by atoms with Crippen molar-refractivity contribution in [1.29, 1.82) is 0 Å². The third-order valence-corrected chi connectivity index (χ3v) is 3.15. The van der Waals surface area contributed by atoms with E-state index in [0.29, 0.717) is 12.8 Å². The first kappa shape index (κ1) is 18.8. The molecule has 1 heterocycles. The van der Waals surface area contributed by atoms with Gasteiger partial charge in [-0.3, -0.25) is 14.9 Å². The summed E-state index contributed by atoms with van der Waals surface area (Å²) in [5, 5.41) is 14.3. The van der Waals surface area contributed by atoms with Crippen LogP contribution in [0.3, 0.4) is 0 Å². The van der Waals surface area contributed by atoms with Crippen LogP contribution in [0, 0.1) is 22.0 Å². The number of nitro groups is 1. The molecule has 1 rings (SSSR count). The predicted octanol–water partition coefficient (Wildman–Crippen LogP) is 2.43. The van der Waals surface area contributed by atoms with Crippen LogP contribution >= 0.6 is 0 Å². The second-order valence-corrected chi connectivity index (χ2v) is 6.48. The zero-order valence-electron chi connectivity index (χ0n) is 13.9. The summed E-state index contributed by atoms with van der Waals surface area (Å²) >= 11 is 0. The van der Waals surface area contributed by atoms with Crippen molar-refractivity contribution in [2.75, 3.05) is 0 Å². The lowest BCUT2D eigenvalue weighted by molar-refractivity contribution is -0.402. The van der Waals surface area contributed by atoms with E-state index < -0.39 is 10.5 Å². The molecule has 1 aromatic heterocycles. The van der Waals surface area contributed by atoms with Crippen molar-refractivity contribution in [3.63, 3.8) is 0 Å². The molecule has 8 heteroatoms. The van der Waals surface area contributed by atoms with Crippen LogP contribution in [0.5, 0.6) is 0 Å². The number of hydrogen-bond donors (Lipinski definition) is 2. The molecule has 0 unspecified atom stereocenters. The Kier molecular flexibility index (Phi) is 6.44. The lowest BCUT2D eigenvalue weighted by Crippen LogP contribution is -2.54. The molecular formula is C15H24N4O4. The average Bonchev–Trinajstić information content (AvgIpc) is 2.85. The minimum Gasteiger partial charge on any atom is -0.400 e. The van der Waals surface area contributed by atoms with Gasteiger partial charge in [-0.25, -0.2) is 5.43 Å². The highest BCUT2D eigenvalue weighted by Gasteiger charge is 2.35. The number of amides is 1. The van der Waals surface area contributed by atoms with Gasteiger partial charge in [0.15, 0.2) is 5.76 Å². The van der Waals surface area contributed by atoms with Crippen LogP contribution in [0.1, 0.15) is 46.3 Å². The number of furan rings is 1. The Morgan fingerprint density at radius 1 is 1.39 bits per heavy atom. The number of carbonyl (C=O) groups is 1. The third kappa shape index (κ3) is 5.82. The molecule has 8 nitrogen and oxygen atoms in total. The first-order chi connectivity index (χ1) is 10.6. The van der Waals surface area contributed by atoms with Crippen LogP contribution in [-0.2, 0) is 4.79 Å². The minimum absolute atomic E-state index is 0.173. The molecule has 23 heavy (non-hydrogen) atoms. The van der Waals surface area contributed by atoms with Gasteiger partial charge >= 0.3 is 5.88 Å². The van der Waals surface area contributed by atoms with Crippen molar-refractivity contribution in [1.82, 2.24) is 5.43 Å². The fourth-order valence-corrected chi connectivity index (χ4v) is 2.50. The van der Waals surface area contributed by atoms with Crippen molar-refractivity contribution in [3.05, 3.63) is 28.0 Å². The van der Waals surface area contributed by atoms with Crippen molar-refractivity contribution < 1.29 is 14.1 Å². The van der Waals surface area contributed by atoms with E-state index in [1.165, 1.54) is 18.3 Å². The van der Waals surface area contributed by atoms with Crippen LogP contribution in [0.4, 0.5) is 5.88 Å².